The van der Waals surface area contributed by atoms with Gasteiger partial charge in [0.05, 0.1) is 17.4 Å². The molecule has 0 amide bonds. The predicted molar refractivity (Wildman–Crippen MR) is 90.9 cm³/mol. The molecule has 1 N–H and O–H groups in total. The topological polar surface area (TPSA) is 55.1 Å². The molecule has 0 saturated carbocycles. The van der Waals surface area contributed by atoms with E-state index in [-0.39, 0.29) is 17.5 Å². The highest BCUT2D eigenvalue weighted by molar-refractivity contribution is 5.88. The third kappa shape index (κ3) is 7.92. The van der Waals surface area contributed by atoms with Crippen LogP contribution in [0.15, 0.2) is 6.20 Å². The lowest BCUT2D eigenvalue weighted by atomic mass is 10.0. The van der Waals surface area contributed by atoms with Gasteiger partial charge in [0.15, 0.2) is 0 Å². The highest BCUT2D eigenvalue weighted by Gasteiger charge is 2.25. The van der Waals surface area contributed by atoms with E-state index in [4.69, 9.17) is 0 Å². The maximum Gasteiger partial charge on any atom is 0.389 e. The third-order valence-electron chi connectivity index (χ3n) is 4.11. The molecule has 4 nitrogen and oxygen atoms in total. The molecule has 0 bridgehead atoms. The molecule has 1 rings (SSSR count). The molecule has 0 saturated heterocycles. The monoisotopic (exact) mass is 362 g/mol. The number of nitrogens with zero attached hydrogens (tertiary/aromatic N) is 2. The Balaban J connectivity index is 2.32. The van der Waals surface area contributed by atoms with Crippen LogP contribution in [0.3, 0.4) is 0 Å². The van der Waals surface area contributed by atoms with Gasteiger partial charge in [-0.1, -0.05) is 32.1 Å². The van der Waals surface area contributed by atoms with Crippen LogP contribution in [0.2, 0.25) is 0 Å². The normalized spacial score (nSPS) is 12.6. The van der Waals surface area contributed by atoms with E-state index >= 15 is 0 Å². The minimum Gasteiger partial charge on any atom is -0.478 e. The molecular formula is C18H29F3N2O2. The number of aromatic carboxylic acids is 1. The zero-order valence-corrected chi connectivity index (χ0v) is 15.3. The summed E-state index contributed by atoms with van der Waals surface area (Å²) in [4.78, 5) is 11.3. The molecule has 0 radical (unpaired) electrons. The minimum absolute atomic E-state index is 0.205. The minimum atomic E-state index is -4.04. The number of halogens is 3. The maximum absolute atomic E-state index is 12.0. The summed E-state index contributed by atoms with van der Waals surface area (Å²) in [6, 6.07) is 0. The third-order valence-corrected chi connectivity index (χ3v) is 4.11. The van der Waals surface area contributed by atoms with Crippen molar-refractivity contribution in [2.45, 2.75) is 90.3 Å². The molecule has 0 aromatic carbocycles. The lowest BCUT2D eigenvalue weighted by molar-refractivity contribution is -0.135. The first-order valence-electron chi connectivity index (χ1n) is 8.90. The van der Waals surface area contributed by atoms with Crippen molar-refractivity contribution in [3.63, 3.8) is 0 Å². The SMILES string of the molecule is CC(C)(C)n1ncc(C(=O)O)c1CCCCCCCCCC(F)(F)F. The number of alkyl halides is 3. The quantitative estimate of drug-likeness (QED) is 0.554. The van der Waals surface area contributed by atoms with Gasteiger partial charge in [-0.15, -0.1) is 0 Å². The van der Waals surface area contributed by atoms with Crippen molar-refractivity contribution in [2.24, 2.45) is 0 Å². The number of aromatic nitrogens is 2. The second kappa shape index (κ2) is 9.25. The Hall–Kier alpha value is -1.53. The first-order valence-corrected chi connectivity index (χ1v) is 8.90. The van der Waals surface area contributed by atoms with Crippen LogP contribution in [-0.4, -0.2) is 27.0 Å². The molecule has 0 atom stereocenters. The fourth-order valence-electron chi connectivity index (χ4n) is 2.87. The largest absolute Gasteiger partial charge is 0.478 e. The Morgan fingerprint density at radius 3 is 2.04 bits per heavy atom. The molecule has 0 aliphatic rings. The summed E-state index contributed by atoms with van der Waals surface area (Å²) in [5.74, 6) is -0.963. The van der Waals surface area contributed by atoms with Crippen molar-refractivity contribution >= 4 is 5.97 Å². The molecule has 7 heteroatoms. The average molecular weight is 362 g/mol. The van der Waals surface area contributed by atoms with E-state index in [1.54, 1.807) is 4.68 Å². The number of carbonyl (C=O) groups is 1. The molecule has 0 unspecified atom stereocenters. The molecule has 0 aliphatic carbocycles. The fourth-order valence-corrected chi connectivity index (χ4v) is 2.87. The van der Waals surface area contributed by atoms with Crippen molar-refractivity contribution in [1.29, 1.82) is 0 Å². The first kappa shape index (κ1) is 21.5. The van der Waals surface area contributed by atoms with Crippen LogP contribution in [0, 0.1) is 0 Å². The Morgan fingerprint density at radius 2 is 1.56 bits per heavy atom. The van der Waals surface area contributed by atoms with E-state index in [1.807, 2.05) is 20.8 Å². The summed E-state index contributed by atoms with van der Waals surface area (Å²) in [5.41, 5.74) is 0.717. The van der Waals surface area contributed by atoms with Crippen LogP contribution in [0.25, 0.3) is 0 Å². The van der Waals surface area contributed by atoms with Crippen molar-refractivity contribution in [2.75, 3.05) is 0 Å². The Kier molecular flexibility index (Phi) is 7.96. The molecule has 1 heterocycles. The van der Waals surface area contributed by atoms with Crippen molar-refractivity contribution in [3.8, 4) is 0 Å². The second-order valence-corrected chi connectivity index (χ2v) is 7.48. The average Bonchev–Trinajstić information content (AvgIpc) is 2.88. The van der Waals surface area contributed by atoms with Crippen LogP contribution < -0.4 is 0 Å². The molecular weight excluding hydrogens is 333 g/mol. The van der Waals surface area contributed by atoms with Gasteiger partial charge in [-0.2, -0.15) is 18.3 Å². The Labute approximate surface area is 147 Å². The zero-order chi connectivity index (χ0) is 19.1. The van der Waals surface area contributed by atoms with E-state index in [9.17, 15) is 23.1 Å². The molecule has 0 fully saturated rings. The molecule has 0 aliphatic heterocycles. The maximum atomic E-state index is 12.0. The number of carboxylic acid groups (broad SMARTS) is 1. The molecule has 1 aromatic heterocycles. The van der Waals surface area contributed by atoms with E-state index in [0.717, 1.165) is 37.8 Å². The molecule has 1 aromatic rings. The summed E-state index contributed by atoms with van der Waals surface area (Å²) >= 11 is 0. The summed E-state index contributed by atoms with van der Waals surface area (Å²) in [5, 5.41) is 13.5. The predicted octanol–water partition coefficient (Wildman–Crippen LogP) is 5.56. The van der Waals surface area contributed by atoms with Crippen molar-refractivity contribution < 1.29 is 23.1 Å². The smallest absolute Gasteiger partial charge is 0.389 e. The van der Waals surface area contributed by atoms with E-state index in [2.05, 4.69) is 5.10 Å². The van der Waals surface area contributed by atoms with E-state index in [1.165, 1.54) is 6.20 Å². The highest BCUT2D eigenvalue weighted by Crippen LogP contribution is 2.24. The number of unbranched alkanes of at least 4 members (excludes halogenated alkanes) is 6. The number of rotatable bonds is 10. The van der Waals surface area contributed by atoms with Crippen LogP contribution in [0.1, 0.15) is 88.2 Å². The molecule has 0 spiro atoms. The van der Waals surface area contributed by atoms with Crippen molar-refractivity contribution in [3.05, 3.63) is 17.5 Å². The Morgan fingerprint density at radius 1 is 1.04 bits per heavy atom. The first-order chi connectivity index (χ1) is 11.5. The van der Waals surface area contributed by atoms with Gasteiger partial charge in [0, 0.05) is 6.42 Å². The summed E-state index contributed by atoms with van der Waals surface area (Å²) in [7, 11) is 0. The summed E-state index contributed by atoms with van der Waals surface area (Å²) < 4.78 is 37.8. The summed E-state index contributed by atoms with van der Waals surface area (Å²) in [6.45, 7) is 5.95. The highest BCUT2D eigenvalue weighted by atomic mass is 19.4. The van der Waals surface area contributed by atoms with Gasteiger partial charge >= 0.3 is 12.1 Å². The van der Waals surface area contributed by atoms with E-state index in [0.29, 0.717) is 12.8 Å². The second-order valence-electron chi connectivity index (χ2n) is 7.48. The van der Waals surface area contributed by atoms with Gasteiger partial charge in [-0.3, -0.25) is 4.68 Å². The molecule has 144 valence electrons. The van der Waals surface area contributed by atoms with Crippen molar-refractivity contribution in [1.82, 2.24) is 9.78 Å². The van der Waals surface area contributed by atoms with Gasteiger partial charge < -0.3 is 5.11 Å². The van der Waals surface area contributed by atoms with Crippen LogP contribution in [0.5, 0.6) is 0 Å². The lowest BCUT2D eigenvalue weighted by Gasteiger charge is -2.22. The van der Waals surface area contributed by atoms with Crippen LogP contribution >= 0.6 is 0 Å². The van der Waals surface area contributed by atoms with Gasteiger partial charge in [0.2, 0.25) is 0 Å². The fraction of sp³-hybridized carbons (Fsp3) is 0.778. The number of hydrogen-bond donors (Lipinski definition) is 1. The number of hydrogen-bond acceptors (Lipinski definition) is 2. The van der Waals surface area contributed by atoms with Gasteiger partial charge in [-0.05, 0) is 40.0 Å². The summed E-state index contributed by atoms with van der Waals surface area (Å²) in [6.07, 6.45) is 2.61. The zero-order valence-electron chi connectivity index (χ0n) is 15.3. The van der Waals surface area contributed by atoms with Gasteiger partial charge in [-0.25, -0.2) is 4.79 Å². The molecule has 25 heavy (non-hydrogen) atoms. The number of carboxylic acids is 1. The Bertz CT molecular complexity index is 545. The van der Waals surface area contributed by atoms with Gasteiger partial charge in [0.25, 0.3) is 0 Å². The lowest BCUT2D eigenvalue weighted by Crippen LogP contribution is -2.26. The van der Waals surface area contributed by atoms with Crippen LogP contribution in [-0.2, 0) is 12.0 Å². The standard InChI is InChI=1S/C18H29F3N2O2/c1-17(2,3)23-15(14(13-22-23)16(24)25)11-9-7-5-4-6-8-10-12-18(19,20)21/h13H,4-12H2,1-3H3,(H,24,25). The van der Waals surface area contributed by atoms with Crippen LogP contribution in [0.4, 0.5) is 13.2 Å². The van der Waals surface area contributed by atoms with E-state index < -0.39 is 18.6 Å². The van der Waals surface area contributed by atoms with Gasteiger partial charge in [0.1, 0.15) is 5.56 Å².